The molecule has 2 heterocycles. The van der Waals surface area contributed by atoms with E-state index in [0.717, 1.165) is 37.9 Å². The Morgan fingerprint density at radius 3 is 2.27 bits per heavy atom. The van der Waals surface area contributed by atoms with Crippen LogP contribution in [0.3, 0.4) is 0 Å². The van der Waals surface area contributed by atoms with Crippen molar-refractivity contribution < 1.29 is 24.2 Å². The lowest BCUT2D eigenvalue weighted by atomic mass is 9.80. The van der Waals surface area contributed by atoms with Gasteiger partial charge in [-0.3, -0.25) is 0 Å². The van der Waals surface area contributed by atoms with Gasteiger partial charge < -0.3 is 31.1 Å². The van der Waals surface area contributed by atoms with Gasteiger partial charge in [0.25, 0.3) is 0 Å². The first-order chi connectivity index (χ1) is 17.5. The minimum atomic E-state index is -1.24. The van der Waals surface area contributed by atoms with Gasteiger partial charge in [-0.2, -0.15) is 0 Å². The molecule has 5 N–H and O–H groups in total. The Kier molecular flexibility index (Phi) is 9.67. The molecule has 1 aromatic rings. The fourth-order valence-corrected chi connectivity index (χ4v) is 5.44. The van der Waals surface area contributed by atoms with Crippen LogP contribution in [0.1, 0.15) is 58.4 Å². The van der Waals surface area contributed by atoms with Gasteiger partial charge in [0.05, 0.1) is 22.8 Å². The number of carboxylic acids is 2. The normalized spacial score (nSPS) is 17.7. The van der Waals surface area contributed by atoms with Crippen LogP contribution >= 0.6 is 12.2 Å². The number of benzene rings is 1. The first kappa shape index (κ1) is 28.6. The first-order valence-electron chi connectivity index (χ1n) is 12.7. The molecule has 202 valence electrons. The number of hydrogen-bond acceptors (Lipinski definition) is 5. The lowest BCUT2D eigenvalue weighted by Crippen LogP contribution is -2.37. The summed E-state index contributed by atoms with van der Waals surface area (Å²) < 4.78 is 14.7. The summed E-state index contributed by atoms with van der Waals surface area (Å²) in [5.74, 6) is -2.61. The van der Waals surface area contributed by atoms with Crippen molar-refractivity contribution in [2.75, 3.05) is 31.5 Å². The number of nitrogens with zero attached hydrogens (tertiary/aromatic N) is 1. The summed E-state index contributed by atoms with van der Waals surface area (Å²) in [6.45, 7) is 11.5. The summed E-state index contributed by atoms with van der Waals surface area (Å²) in [6, 6.07) is 4.01. The first-order valence-corrected chi connectivity index (χ1v) is 13.1. The van der Waals surface area contributed by atoms with E-state index >= 15 is 0 Å². The number of hydrogen-bond donors (Lipinski definition) is 5. The van der Waals surface area contributed by atoms with Crippen molar-refractivity contribution in [1.29, 1.82) is 0 Å². The van der Waals surface area contributed by atoms with Gasteiger partial charge in [0, 0.05) is 17.9 Å². The monoisotopic (exact) mass is 532 g/mol. The molecule has 0 amide bonds. The van der Waals surface area contributed by atoms with Crippen LogP contribution in [0.2, 0.25) is 0 Å². The number of likely N-dealkylation sites (tertiary alicyclic amines) is 1. The van der Waals surface area contributed by atoms with Gasteiger partial charge in [-0.25, -0.2) is 14.0 Å². The molecule has 2 aliphatic heterocycles. The average Bonchev–Trinajstić information content (AvgIpc) is 2.82. The smallest absolute Gasteiger partial charge is 0.334 e. The summed E-state index contributed by atoms with van der Waals surface area (Å²) in [4.78, 5) is 26.5. The zero-order chi connectivity index (χ0) is 27.3. The number of carbonyl (C=O) groups is 2. The van der Waals surface area contributed by atoms with E-state index in [1.807, 2.05) is 0 Å². The zero-order valence-corrected chi connectivity index (χ0v) is 22.7. The number of nitrogens with one attached hydrogen (secondary N) is 3. The molecule has 8 nitrogen and oxygen atoms in total. The Balaban J connectivity index is 1.64. The van der Waals surface area contributed by atoms with Crippen molar-refractivity contribution in [2.24, 2.45) is 11.8 Å². The minimum Gasteiger partial charge on any atom is -0.478 e. The van der Waals surface area contributed by atoms with E-state index in [2.05, 4.69) is 34.7 Å². The largest absolute Gasteiger partial charge is 0.478 e. The number of allylic oxidation sites excluding steroid dienone is 2. The van der Waals surface area contributed by atoms with Crippen molar-refractivity contribution in [3.8, 4) is 0 Å². The van der Waals surface area contributed by atoms with Gasteiger partial charge in [0.15, 0.2) is 5.11 Å². The maximum atomic E-state index is 14.7. The van der Waals surface area contributed by atoms with E-state index in [1.165, 1.54) is 31.0 Å². The molecule has 1 aromatic carbocycles. The molecule has 0 bridgehead atoms. The lowest BCUT2D eigenvalue weighted by Gasteiger charge is -2.33. The molecule has 10 heteroatoms. The highest BCUT2D eigenvalue weighted by Crippen LogP contribution is 2.39. The standard InChI is InChI=1S/C27H37FN4O4S/c1-15(2)18-8-12-32(13-9-18)11-5-10-29-27(37)31-21-14-19(6-7-20(21)28)24-22(25(33)34)16(3)30-17(4)23(24)26(35)36/h6-7,14-15,18,24,30H,5,8-13H2,1-4H3,(H,33,34)(H,35,36)(H2,29,31,37). The molecule has 0 spiro atoms. The van der Waals surface area contributed by atoms with Crippen LogP contribution in [0, 0.1) is 17.7 Å². The quantitative estimate of drug-likeness (QED) is 0.235. The van der Waals surface area contributed by atoms with Crippen LogP contribution in [0.25, 0.3) is 0 Å². The third kappa shape index (κ3) is 7.07. The van der Waals surface area contributed by atoms with Gasteiger partial charge >= 0.3 is 11.9 Å². The second-order valence-corrected chi connectivity index (χ2v) is 10.6. The molecule has 0 saturated carbocycles. The molecule has 0 atom stereocenters. The van der Waals surface area contributed by atoms with E-state index in [1.54, 1.807) is 13.8 Å². The van der Waals surface area contributed by atoms with Crippen LogP contribution < -0.4 is 16.0 Å². The van der Waals surface area contributed by atoms with Crippen LogP contribution in [-0.4, -0.2) is 58.3 Å². The molecular weight excluding hydrogens is 495 g/mol. The topological polar surface area (TPSA) is 114 Å². The number of carboxylic acid groups (broad SMARTS) is 2. The molecule has 0 aromatic heterocycles. The third-order valence-corrected chi connectivity index (χ3v) is 7.55. The summed E-state index contributed by atoms with van der Waals surface area (Å²) >= 11 is 5.36. The second kappa shape index (κ2) is 12.5. The highest BCUT2D eigenvalue weighted by atomic mass is 32.1. The number of anilines is 1. The molecular formula is C27H37FN4O4S. The van der Waals surface area contributed by atoms with Gasteiger partial charge in [-0.15, -0.1) is 0 Å². The summed E-state index contributed by atoms with van der Waals surface area (Å²) in [7, 11) is 0. The second-order valence-electron chi connectivity index (χ2n) is 10.1. The van der Waals surface area contributed by atoms with Crippen molar-refractivity contribution in [2.45, 2.75) is 52.9 Å². The van der Waals surface area contributed by atoms with E-state index in [-0.39, 0.29) is 21.9 Å². The Labute approximate surface area is 223 Å². The Hall–Kier alpha value is -2.98. The number of halogens is 1. The predicted octanol–water partition coefficient (Wildman–Crippen LogP) is 4.27. The molecule has 0 aliphatic carbocycles. The van der Waals surface area contributed by atoms with E-state index in [4.69, 9.17) is 12.2 Å². The predicted molar refractivity (Wildman–Crippen MR) is 146 cm³/mol. The summed E-state index contributed by atoms with van der Waals surface area (Å²) in [6.07, 6.45) is 3.35. The number of aliphatic carboxylic acids is 2. The van der Waals surface area contributed by atoms with Gasteiger partial charge in [-0.1, -0.05) is 19.9 Å². The van der Waals surface area contributed by atoms with Crippen molar-refractivity contribution in [1.82, 2.24) is 15.5 Å². The highest BCUT2D eigenvalue weighted by Gasteiger charge is 2.36. The van der Waals surface area contributed by atoms with Crippen LogP contribution in [0.4, 0.5) is 10.1 Å². The fourth-order valence-electron chi connectivity index (χ4n) is 5.23. The maximum absolute atomic E-state index is 14.7. The summed E-state index contributed by atoms with van der Waals surface area (Å²) in [5.41, 5.74) is 0.867. The van der Waals surface area contributed by atoms with Gasteiger partial charge in [0.2, 0.25) is 0 Å². The molecule has 2 aliphatic rings. The lowest BCUT2D eigenvalue weighted by molar-refractivity contribution is -0.133. The van der Waals surface area contributed by atoms with Crippen molar-refractivity contribution in [3.05, 3.63) is 52.1 Å². The SMILES string of the molecule is CC1=C(C(=O)O)C(c2ccc(F)c(NC(=S)NCCCN3CCC(C(C)C)CC3)c2)C(C(=O)O)=C(C)N1. The molecule has 37 heavy (non-hydrogen) atoms. The zero-order valence-electron chi connectivity index (χ0n) is 21.9. The van der Waals surface area contributed by atoms with E-state index < -0.39 is 23.7 Å². The molecule has 3 rings (SSSR count). The highest BCUT2D eigenvalue weighted by molar-refractivity contribution is 7.80. The van der Waals surface area contributed by atoms with Crippen LogP contribution in [0.15, 0.2) is 40.7 Å². The molecule has 0 radical (unpaired) electrons. The molecule has 1 saturated heterocycles. The van der Waals surface area contributed by atoms with E-state index in [0.29, 0.717) is 23.5 Å². The minimum absolute atomic E-state index is 0.0501. The van der Waals surface area contributed by atoms with Gasteiger partial charge in [0.1, 0.15) is 5.82 Å². The van der Waals surface area contributed by atoms with Crippen molar-refractivity contribution >= 4 is 35.0 Å². The Morgan fingerprint density at radius 2 is 1.73 bits per heavy atom. The number of rotatable bonds is 9. The maximum Gasteiger partial charge on any atom is 0.334 e. The Morgan fingerprint density at radius 1 is 1.14 bits per heavy atom. The Bertz CT molecular complexity index is 1070. The van der Waals surface area contributed by atoms with Gasteiger partial charge in [-0.05, 0) is 94.5 Å². The van der Waals surface area contributed by atoms with Crippen molar-refractivity contribution in [3.63, 3.8) is 0 Å². The molecule has 0 unspecified atom stereocenters. The third-order valence-electron chi connectivity index (χ3n) is 7.30. The van der Waals surface area contributed by atoms with E-state index in [9.17, 15) is 24.2 Å². The fraction of sp³-hybridized carbons (Fsp3) is 0.519. The number of thiocarbonyl (C=S) groups is 1. The number of piperidine rings is 1. The number of dihydropyridines is 1. The molecule has 1 fully saturated rings. The summed E-state index contributed by atoms with van der Waals surface area (Å²) in [5, 5.41) is 28.6. The van der Waals surface area contributed by atoms with Crippen LogP contribution in [0.5, 0.6) is 0 Å². The average molecular weight is 533 g/mol. The van der Waals surface area contributed by atoms with Crippen LogP contribution in [-0.2, 0) is 9.59 Å².